The molecule has 3 heteroatoms. The Kier molecular flexibility index (Phi) is 4.22. The van der Waals surface area contributed by atoms with Gasteiger partial charge in [-0.25, -0.2) is 0 Å². The molecule has 0 spiro atoms. The van der Waals surface area contributed by atoms with Gasteiger partial charge in [-0.3, -0.25) is 4.79 Å². The first-order chi connectivity index (χ1) is 12.2. The fourth-order valence-corrected chi connectivity index (χ4v) is 6.71. The quantitative estimate of drug-likeness (QED) is 0.835. The fourth-order valence-electron chi connectivity index (χ4n) is 6.71. The van der Waals surface area contributed by atoms with E-state index in [0.717, 1.165) is 18.3 Å². The molecule has 4 bridgehead atoms. The van der Waals surface area contributed by atoms with Crippen molar-refractivity contribution < 1.29 is 9.90 Å². The Balaban J connectivity index is 1.58. The van der Waals surface area contributed by atoms with Crippen LogP contribution in [-0.2, 0) is 10.2 Å². The zero-order chi connectivity index (χ0) is 18.6. The molecule has 0 heterocycles. The standard InChI is InChI=1S/C23H33NO2/c1-16-4-6-19(7-5-16)23-11-17-8-18(12-23)10-22(9-17,14-23)13-20(26)24-21(2,3)15-25/h4-7,17-18,25H,8-15H2,1-3H3,(H,24,26)/t17-,18-,22?,23?/m1/s1. The van der Waals surface area contributed by atoms with E-state index in [1.165, 1.54) is 43.2 Å². The van der Waals surface area contributed by atoms with Crippen molar-refractivity contribution in [2.75, 3.05) is 6.61 Å². The molecule has 0 radical (unpaired) electrons. The molecule has 0 saturated heterocycles. The molecule has 2 atom stereocenters. The minimum absolute atomic E-state index is 0.0235. The second-order valence-corrected chi connectivity index (χ2v) is 10.4. The second kappa shape index (κ2) is 6.09. The smallest absolute Gasteiger partial charge is 0.221 e. The van der Waals surface area contributed by atoms with Crippen LogP contribution < -0.4 is 5.32 Å². The summed E-state index contributed by atoms with van der Waals surface area (Å²) in [6, 6.07) is 9.17. The predicted molar refractivity (Wildman–Crippen MR) is 104 cm³/mol. The van der Waals surface area contributed by atoms with Gasteiger partial charge >= 0.3 is 0 Å². The van der Waals surface area contributed by atoms with Crippen molar-refractivity contribution in [1.82, 2.24) is 5.32 Å². The lowest BCUT2D eigenvalue weighted by atomic mass is 9.42. The molecular formula is C23H33NO2. The van der Waals surface area contributed by atoms with Crippen molar-refractivity contribution in [3.05, 3.63) is 35.4 Å². The Labute approximate surface area is 157 Å². The van der Waals surface area contributed by atoms with E-state index in [1.807, 2.05) is 13.8 Å². The molecule has 1 amide bonds. The second-order valence-electron chi connectivity index (χ2n) is 10.4. The van der Waals surface area contributed by atoms with E-state index < -0.39 is 5.54 Å². The number of amides is 1. The maximum Gasteiger partial charge on any atom is 0.221 e. The molecule has 142 valence electrons. The number of aryl methyl sites for hydroxylation is 1. The lowest BCUT2D eigenvalue weighted by molar-refractivity contribution is -0.133. The number of nitrogens with one attached hydrogen (secondary N) is 1. The Morgan fingerprint density at radius 3 is 2.35 bits per heavy atom. The van der Waals surface area contributed by atoms with Gasteiger partial charge in [0.15, 0.2) is 0 Å². The van der Waals surface area contributed by atoms with Gasteiger partial charge < -0.3 is 10.4 Å². The van der Waals surface area contributed by atoms with Crippen molar-refractivity contribution in [1.29, 1.82) is 0 Å². The van der Waals surface area contributed by atoms with Crippen LogP contribution in [0.1, 0.15) is 69.9 Å². The molecular weight excluding hydrogens is 322 g/mol. The molecule has 26 heavy (non-hydrogen) atoms. The summed E-state index contributed by atoms with van der Waals surface area (Å²) in [6.07, 6.45) is 8.17. The topological polar surface area (TPSA) is 49.3 Å². The van der Waals surface area contributed by atoms with Gasteiger partial charge in [-0.15, -0.1) is 0 Å². The first-order valence-electron chi connectivity index (χ1n) is 10.2. The Morgan fingerprint density at radius 2 is 1.77 bits per heavy atom. The number of benzene rings is 1. The van der Waals surface area contributed by atoms with Crippen LogP contribution in [0.5, 0.6) is 0 Å². The molecule has 1 aromatic carbocycles. The van der Waals surface area contributed by atoms with Crippen LogP contribution >= 0.6 is 0 Å². The van der Waals surface area contributed by atoms with Crippen LogP contribution in [-0.4, -0.2) is 23.2 Å². The molecule has 5 rings (SSSR count). The fraction of sp³-hybridized carbons (Fsp3) is 0.696. The van der Waals surface area contributed by atoms with Crippen molar-refractivity contribution in [2.24, 2.45) is 17.3 Å². The molecule has 0 unspecified atom stereocenters. The maximum absolute atomic E-state index is 12.8. The van der Waals surface area contributed by atoms with E-state index in [0.29, 0.717) is 6.42 Å². The van der Waals surface area contributed by atoms with E-state index in [9.17, 15) is 9.90 Å². The van der Waals surface area contributed by atoms with Crippen LogP contribution in [0.3, 0.4) is 0 Å². The zero-order valence-electron chi connectivity index (χ0n) is 16.5. The number of aliphatic hydroxyl groups excluding tert-OH is 1. The molecule has 0 aromatic heterocycles. The highest BCUT2D eigenvalue weighted by Crippen LogP contribution is 2.66. The highest BCUT2D eigenvalue weighted by Gasteiger charge is 2.58. The molecule has 4 saturated carbocycles. The summed E-state index contributed by atoms with van der Waals surface area (Å²) in [7, 11) is 0. The normalized spacial score (nSPS) is 35.5. The van der Waals surface area contributed by atoms with Gasteiger partial charge in [-0.2, -0.15) is 0 Å². The third-order valence-electron chi connectivity index (χ3n) is 7.25. The molecule has 2 N–H and O–H groups in total. The average molecular weight is 356 g/mol. The van der Waals surface area contributed by atoms with Crippen LogP contribution in [0.4, 0.5) is 0 Å². The van der Waals surface area contributed by atoms with Crippen molar-refractivity contribution in [3.8, 4) is 0 Å². The van der Waals surface area contributed by atoms with Crippen molar-refractivity contribution >= 4 is 5.91 Å². The molecule has 1 aromatic rings. The summed E-state index contributed by atoms with van der Waals surface area (Å²) in [5.74, 6) is 1.66. The monoisotopic (exact) mass is 355 g/mol. The minimum atomic E-state index is -0.534. The Bertz CT molecular complexity index is 677. The summed E-state index contributed by atoms with van der Waals surface area (Å²) in [5.41, 5.74) is 2.72. The summed E-state index contributed by atoms with van der Waals surface area (Å²) in [6.45, 7) is 5.90. The molecule has 3 nitrogen and oxygen atoms in total. The molecule has 0 aliphatic heterocycles. The summed E-state index contributed by atoms with van der Waals surface area (Å²) in [4.78, 5) is 12.8. The number of carbonyl (C=O) groups excluding carboxylic acids is 1. The molecule has 4 fully saturated rings. The number of hydrogen-bond donors (Lipinski definition) is 2. The summed E-state index contributed by atoms with van der Waals surface area (Å²) >= 11 is 0. The van der Waals surface area contributed by atoms with Gasteiger partial charge in [0.2, 0.25) is 5.91 Å². The van der Waals surface area contributed by atoms with Gasteiger partial charge in [-0.05, 0) is 87.5 Å². The van der Waals surface area contributed by atoms with E-state index in [-0.39, 0.29) is 23.3 Å². The number of aliphatic hydroxyl groups is 1. The van der Waals surface area contributed by atoms with Crippen LogP contribution in [0.15, 0.2) is 24.3 Å². The van der Waals surface area contributed by atoms with Crippen LogP contribution in [0.25, 0.3) is 0 Å². The Hall–Kier alpha value is -1.35. The van der Waals surface area contributed by atoms with Gasteiger partial charge in [0.25, 0.3) is 0 Å². The van der Waals surface area contributed by atoms with E-state index in [2.05, 4.69) is 36.5 Å². The van der Waals surface area contributed by atoms with Crippen molar-refractivity contribution in [3.63, 3.8) is 0 Å². The van der Waals surface area contributed by atoms with Crippen LogP contribution in [0.2, 0.25) is 0 Å². The first-order valence-corrected chi connectivity index (χ1v) is 10.2. The number of hydrogen-bond acceptors (Lipinski definition) is 2. The van der Waals surface area contributed by atoms with E-state index >= 15 is 0 Å². The lowest BCUT2D eigenvalue weighted by Crippen LogP contribution is -2.56. The lowest BCUT2D eigenvalue weighted by Gasteiger charge is -2.62. The first kappa shape index (κ1) is 18.0. The number of carbonyl (C=O) groups is 1. The highest BCUT2D eigenvalue weighted by atomic mass is 16.3. The SMILES string of the molecule is Cc1ccc(C23C[C@@H]4C[C@H](CC(CC(=O)NC(C)(C)CO)(C4)C2)C3)cc1. The van der Waals surface area contributed by atoms with Gasteiger partial charge in [0.05, 0.1) is 12.1 Å². The number of rotatable bonds is 5. The Morgan fingerprint density at radius 1 is 1.15 bits per heavy atom. The molecule has 4 aliphatic rings. The maximum atomic E-state index is 12.8. The third-order valence-corrected chi connectivity index (χ3v) is 7.25. The average Bonchev–Trinajstić information content (AvgIpc) is 2.52. The van der Waals surface area contributed by atoms with Crippen LogP contribution in [0, 0.1) is 24.2 Å². The van der Waals surface area contributed by atoms with Crippen molar-refractivity contribution in [2.45, 2.75) is 76.7 Å². The largest absolute Gasteiger partial charge is 0.394 e. The summed E-state index contributed by atoms with van der Waals surface area (Å²) < 4.78 is 0. The highest BCUT2D eigenvalue weighted by molar-refractivity contribution is 5.77. The van der Waals surface area contributed by atoms with Gasteiger partial charge in [0.1, 0.15) is 0 Å². The summed E-state index contributed by atoms with van der Waals surface area (Å²) in [5, 5.41) is 12.5. The third kappa shape index (κ3) is 3.19. The van der Waals surface area contributed by atoms with Gasteiger partial charge in [0, 0.05) is 6.42 Å². The zero-order valence-corrected chi connectivity index (χ0v) is 16.5. The van der Waals surface area contributed by atoms with Gasteiger partial charge in [-0.1, -0.05) is 29.8 Å². The molecule has 4 aliphatic carbocycles. The van der Waals surface area contributed by atoms with E-state index in [1.54, 1.807) is 0 Å². The predicted octanol–water partition coefficient (Wildman–Crippen LogP) is 4.11. The minimum Gasteiger partial charge on any atom is -0.394 e. The van der Waals surface area contributed by atoms with E-state index in [4.69, 9.17) is 0 Å².